The molecule has 4 aliphatic rings. The van der Waals surface area contributed by atoms with E-state index in [1.807, 2.05) is 20.8 Å². The van der Waals surface area contributed by atoms with E-state index in [0.717, 1.165) is 41.9 Å². The van der Waals surface area contributed by atoms with Gasteiger partial charge in [-0.3, -0.25) is 14.9 Å². The number of hydrogen-bond acceptors (Lipinski definition) is 3. The molecule has 0 aromatic rings. The van der Waals surface area contributed by atoms with Gasteiger partial charge in [-0.15, -0.1) is 0 Å². The van der Waals surface area contributed by atoms with Crippen molar-refractivity contribution in [2.45, 2.75) is 70.9 Å². The van der Waals surface area contributed by atoms with Crippen LogP contribution in [-0.2, 0) is 9.59 Å². The number of amides is 4. The van der Waals surface area contributed by atoms with E-state index in [4.69, 9.17) is 0 Å². The first-order valence-corrected chi connectivity index (χ1v) is 10.5. The van der Waals surface area contributed by atoms with Gasteiger partial charge in [-0.2, -0.15) is 0 Å². The summed E-state index contributed by atoms with van der Waals surface area (Å²) in [7, 11) is 0. The molecule has 0 saturated heterocycles. The van der Waals surface area contributed by atoms with Gasteiger partial charge >= 0.3 is 6.03 Å². The van der Waals surface area contributed by atoms with Crippen LogP contribution in [0.4, 0.5) is 4.79 Å². The number of carbonyl (C=O) groups excluding carboxylic acids is 3. The maximum Gasteiger partial charge on any atom is 0.322 e. The first-order valence-electron chi connectivity index (χ1n) is 10.5. The Morgan fingerprint density at radius 2 is 1.48 bits per heavy atom. The molecule has 152 valence electrons. The molecule has 0 heterocycles. The number of rotatable bonds is 7. The van der Waals surface area contributed by atoms with Crippen LogP contribution in [0.5, 0.6) is 0 Å². The molecule has 0 aliphatic heterocycles. The maximum absolute atomic E-state index is 12.4. The molecule has 4 aliphatic carbocycles. The number of nitrogens with one attached hydrogen (secondary N) is 4. The molecule has 4 rings (SSSR count). The average Bonchev–Trinajstić information content (AvgIpc) is 2.50. The summed E-state index contributed by atoms with van der Waals surface area (Å²) >= 11 is 0. The highest BCUT2D eigenvalue weighted by molar-refractivity contribution is 5.95. The lowest BCUT2D eigenvalue weighted by Gasteiger charge is -2.56. The summed E-state index contributed by atoms with van der Waals surface area (Å²) in [6, 6.07) is -0.292. The van der Waals surface area contributed by atoms with Gasteiger partial charge in [0.2, 0.25) is 0 Å². The molecule has 1 atom stereocenters. The van der Waals surface area contributed by atoms with Crippen LogP contribution < -0.4 is 20.9 Å². The quantitative estimate of drug-likeness (QED) is 0.510. The summed E-state index contributed by atoms with van der Waals surface area (Å²) < 4.78 is 0. The molecule has 0 radical (unpaired) electrons. The van der Waals surface area contributed by atoms with E-state index in [2.05, 4.69) is 16.0 Å². The van der Waals surface area contributed by atoms with Crippen molar-refractivity contribution in [3.63, 3.8) is 0 Å². The Morgan fingerprint density at radius 3 is 1.96 bits per heavy atom. The van der Waals surface area contributed by atoms with Crippen molar-refractivity contribution in [2.24, 2.45) is 17.8 Å². The molecule has 0 spiro atoms. The van der Waals surface area contributed by atoms with Gasteiger partial charge in [0.15, 0.2) is 13.1 Å². The standard InChI is InChI=1S/C20H34N4O3/c1-4-24(11-17(25)21-13(2)3)12-18(26)22-19(27)23-20-8-14-5-15(9-20)7-16(6-14)10-20/h13-16H,4-12H2,1-3H3,(H,21,25)(H2,22,23,26,27)/p+1. The summed E-state index contributed by atoms with van der Waals surface area (Å²) in [5.41, 5.74) is -0.104. The van der Waals surface area contributed by atoms with Crippen molar-refractivity contribution in [1.82, 2.24) is 16.0 Å². The highest BCUT2D eigenvalue weighted by atomic mass is 16.2. The molecule has 7 nitrogen and oxygen atoms in total. The summed E-state index contributed by atoms with van der Waals surface area (Å²) in [4.78, 5) is 37.5. The molecule has 4 N–H and O–H groups in total. The number of carbonyl (C=O) groups is 3. The predicted molar refractivity (Wildman–Crippen MR) is 102 cm³/mol. The molecule has 4 bridgehead atoms. The minimum Gasteiger partial charge on any atom is -0.349 e. The van der Waals surface area contributed by atoms with Crippen LogP contribution in [0.15, 0.2) is 0 Å². The van der Waals surface area contributed by atoms with E-state index >= 15 is 0 Å². The number of imide groups is 1. The van der Waals surface area contributed by atoms with Gasteiger partial charge in [0.1, 0.15) is 0 Å². The monoisotopic (exact) mass is 379 g/mol. The highest BCUT2D eigenvalue weighted by Crippen LogP contribution is 2.55. The van der Waals surface area contributed by atoms with E-state index in [9.17, 15) is 14.4 Å². The Hall–Kier alpha value is -1.63. The smallest absolute Gasteiger partial charge is 0.322 e. The van der Waals surface area contributed by atoms with Crippen LogP contribution in [0.25, 0.3) is 0 Å². The zero-order valence-electron chi connectivity index (χ0n) is 16.9. The van der Waals surface area contributed by atoms with Crippen molar-refractivity contribution in [3.8, 4) is 0 Å². The largest absolute Gasteiger partial charge is 0.349 e. The molecule has 1 unspecified atom stereocenters. The van der Waals surface area contributed by atoms with Gasteiger partial charge in [0.05, 0.1) is 6.54 Å². The molecule has 4 amide bonds. The number of quaternary nitrogens is 1. The van der Waals surface area contributed by atoms with Gasteiger partial charge in [0.25, 0.3) is 11.8 Å². The van der Waals surface area contributed by atoms with Gasteiger partial charge < -0.3 is 15.5 Å². The normalized spacial score (nSPS) is 32.2. The fourth-order valence-electron chi connectivity index (χ4n) is 5.85. The number of likely N-dealkylation sites (N-methyl/N-ethyl adjacent to an activating group) is 1. The Bertz CT molecular complexity index is 554. The lowest BCUT2D eigenvalue weighted by atomic mass is 9.53. The second-order valence-electron chi connectivity index (χ2n) is 9.38. The van der Waals surface area contributed by atoms with Crippen molar-refractivity contribution < 1.29 is 19.3 Å². The third-order valence-electron chi connectivity index (χ3n) is 6.44. The van der Waals surface area contributed by atoms with E-state index < -0.39 is 0 Å². The number of urea groups is 1. The molecule has 4 fully saturated rings. The van der Waals surface area contributed by atoms with E-state index in [-0.39, 0.29) is 42.5 Å². The van der Waals surface area contributed by atoms with Gasteiger partial charge in [0, 0.05) is 11.6 Å². The molecular formula is C20H35N4O3+. The molecule has 0 aromatic carbocycles. The Kier molecular flexibility index (Phi) is 6.08. The zero-order chi connectivity index (χ0) is 19.6. The van der Waals surface area contributed by atoms with Gasteiger partial charge in [-0.25, -0.2) is 4.79 Å². The van der Waals surface area contributed by atoms with Gasteiger partial charge in [-0.1, -0.05) is 0 Å². The van der Waals surface area contributed by atoms with E-state index in [1.165, 1.54) is 19.3 Å². The molecular weight excluding hydrogens is 344 g/mol. The molecule has 7 heteroatoms. The SMILES string of the molecule is CC[NH+](CC(=O)NC(=O)NC12CC3CC(CC(C3)C1)C2)CC(=O)NC(C)C. The summed E-state index contributed by atoms with van der Waals surface area (Å²) in [5, 5.41) is 8.48. The summed E-state index contributed by atoms with van der Waals surface area (Å²) in [5.74, 6) is 1.82. The maximum atomic E-state index is 12.4. The second kappa shape index (κ2) is 8.17. The lowest BCUT2D eigenvalue weighted by molar-refractivity contribution is -0.881. The van der Waals surface area contributed by atoms with E-state index in [0.29, 0.717) is 6.54 Å². The van der Waals surface area contributed by atoms with Crippen LogP contribution in [0, 0.1) is 17.8 Å². The number of hydrogen-bond donors (Lipinski definition) is 4. The fourth-order valence-corrected chi connectivity index (χ4v) is 5.85. The van der Waals surface area contributed by atoms with Gasteiger partial charge in [-0.05, 0) is 77.0 Å². The van der Waals surface area contributed by atoms with Crippen LogP contribution in [0.1, 0.15) is 59.3 Å². The molecule has 0 aromatic heterocycles. The molecule has 27 heavy (non-hydrogen) atoms. The average molecular weight is 380 g/mol. The van der Waals surface area contributed by atoms with Crippen LogP contribution in [0.2, 0.25) is 0 Å². The van der Waals surface area contributed by atoms with Crippen LogP contribution in [-0.4, -0.2) is 49.1 Å². The second-order valence-corrected chi connectivity index (χ2v) is 9.38. The van der Waals surface area contributed by atoms with E-state index in [1.54, 1.807) is 0 Å². The topological polar surface area (TPSA) is 91.7 Å². The minimum atomic E-state index is -0.371. The van der Waals surface area contributed by atoms with Crippen molar-refractivity contribution >= 4 is 17.8 Å². The Balaban J connectivity index is 1.46. The van der Waals surface area contributed by atoms with Crippen molar-refractivity contribution in [1.29, 1.82) is 0 Å². The zero-order valence-corrected chi connectivity index (χ0v) is 16.9. The lowest BCUT2D eigenvalue weighted by Crippen LogP contribution is -3.14. The minimum absolute atomic E-state index is 0.0762. The van der Waals surface area contributed by atoms with Crippen molar-refractivity contribution in [3.05, 3.63) is 0 Å². The van der Waals surface area contributed by atoms with Crippen LogP contribution in [0.3, 0.4) is 0 Å². The van der Waals surface area contributed by atoms with Crippen molar-refractivity contribution in [2.75, 3.05) is 19.6 Å². The summed E-state index contributed by atoms with van der Waals surface area (Å²) in [6.45, 7) is 6.75. The fraction of sp³-hybridized carbons (Fsp3) is 0.850. The third kappa shape index (κ3) is 5.21. The molecule has 4 saturated carbocycles. The Morgan fingerprint density at radius 1 is 0.963 bits per heavy atom. The first-order chi connectivity index (χ1) is 12.8. The Labute approximate surface area is 162 Å². The summed E-state index contributed by atoms with van der Waals surface area (Å²) in [6.07, 6.45) is 7.12. The predicted octanol–water partition coefficient (Wildman–Crippen LogP) is 0.210. The highest BCUT2D eigenvalue weighted by Gasteiger charge is 2.51. The third-order valence-corrected chi connectivity index (χ3v) is 6.44. The first kappa shape index (κ1) is 20.1. The van der Waals surface area contributed by atoms with Crippen LogP contribution >= 0.6 is 0 Å².